The fourth-order valence-corrected chi connectivity index (χ4v) is 7.14. The van der Waals surface area contributed by atoms with E-state index in [4.69, 9.17) is 4.74 Å². The summed E-state index contributed by atoms with van der Waals surface area (Å²) >= 11 is 0.729. The van der Waals surface area contributed by atoms with Gasteiger partial charge in [-0.05, 0) is 25.8 Å². The zero-order valence-electron chi connectivity index (χ0n) is 19.8. The van der Waals surface area contributed by atoms with Gasteiger partial charge in [0.2, 0.25) is 10.0 Å². The average molecular weight is 551 g/mol. The number of hydrogen-bond donors (Lipinski definition) is 1. The molecular weight excluding hydrogens is 526 g/mol. The smallest absolute Gasteiger partial charge is 0.291 e. The highest BCUT2D eigenvalue weighted by Crippen LogP contribution is 2.38. The first-order chi connectivity index (χ1) is 17.7. The van der Waals surface area contributed by atoms with E-state index in [0.717, 1.165) is 17.9 Å². The van der Waals surface area contributed by atoms with Gasteiger partial charge < -0.3 is 9.64 Å². The fourth-order valence-electron chi connectivity index (χ4n) is 5.04. The lowest BCUT2D eigenvalue weighted by atomic mass is 10.1. The Morgan fingerprint density at radius 2 is 2.14 bits per heavy atom. The molecule has 11 nitrogen and oxygen atoms in total. The lowest BCUT2D eigenvalue weighted by Gasteiger charge is -2.48. The summed E-state index contributed by atoms with van der Waals surface area (Å²) < 4.78 is 63.0. The second-order valence-corrected chi connectivity index (χ2v) is 12.4. The summed E-state index contributed by atoms with van der Waals surface area (Å²) in [5.41, 5.74) is 0.316. The van der Waals surface area contributed by atoms with Gasteiger partial charge in [-0.25, -0.2) is 22.2 Å². The minimum atomic E-state index is -4.08. The third-order valence-electron chi connectivity index (χ3n) is 7.11. The third-order valence-corrected chi connectivity index (χ3v) is 9.56. The Balaban J connectivity index is 1.47. The van der Waals surface area contributed by atoms with Gasteiger partial charge in [-0.2, -0.15) is 9.98 Å². The van der Waals surface area contributed by atoms with E-state index >= 15 is 0 Å². The van der Waals surface area contributed by atoms with E-state index in [1.165, 1.54) is 12.4 Å². The van der Waals surface area contributed by atoms with Crippen LogP contribution < -0.4 is 9.62 Å². The Hall–Kier alpha value is -2.77. The minimum absolute atomic E-state index is 0.0515. The summed E-state index contributed by atoms with van der Waals surface area (Å²) in [6.45, 7) is 5.45. The van der Waals surface area contributed by atoms with E-state index in [1.54, 1.807) is 10.5 Å². The number of alkyl halides is 2. The summed E-state index contributed by atoms with van der Waals surface area (Å²) in [5, 5.41) is 16.7. The topological polar surface area (TPSA) is 129 Å². The van der Waals surface area contributed by atoms with Crippen molar-refractivity contribution in [2.75, 3.05) is 37.7 Å². The van der Waals surface area contributed by atoms with Crippen LogP contribution >= 0.6 is 11.3 Å². The Bertz CT molecular complexity index is 1500. The molecule has 0 bridgehead atoms. The van der Waals surface area contributed by atoms with E-state index in [-0.39, 0.29) is 22.0 Å². The molecule has 0 unspecified atom stereocenters. The van der Waals surface area contributed by atoms with E-state index in [9.17, 15) is 22.5 Å². The van der Waals surface area contributed by atoms with Crippen LogP contribution in [-0.2, 0) is 14.8 Å². The van der Waals surface area contributed by atoms with Crippen LogP contribution in [0.1, 0.15) is 31.2 Å². The Labute approximate surface area is 215 Å². The van der Waals surface area contributed by atoms with Crippen molar-refractivity contribution in [1.29, 1.82) is 5.26 Å². The van der Waals surface area contributed by atoms with Crippen LogP contribution in [0.3, 0.4) is 0 Å². The van der Waals surface area contributed by atoms with Crippen LogP contribution in [0.25, 0.3) is 16.3 Å². The van der Waals surface area contributed by atoms with E-state index in [1.807, 2.05) is 6.07 Å². The monoisotopic (exact) mass is 550 g/mol. The van der Waals surface area contributed by atoms with Gasteiger partial charge in [-0.15, -0.1) is 10.2 Å². The fraction of sp³-hybridized carbons (Fsp3) is 0.545. The van der Waals surface area contributed by atoms with Gasteiger partial charge in [0.15, 0.2) is 15.7 Å². The van der Waals surface area contributed by atoms with Gasteiger partial charge in [-0.3, -0.25) is 9.30 Å². The Kier molecular flexibility index (Phi) is 5.92. The summed E-state index contributed by atoms with van der Waals surface area (Å²) in [7, 11) is -4.08. The number of halogens is 2. The molecule has 0 aromatic carbocycles. The molecule has 3 fully saturated rings. The normalized spacial score (nSPS) is 23.8. The molecule has 2 aliphatic heterocycles. The number of ether oxygens (including phenoxy) is 1. The molecule has 0 radical (unpaired) electrons. The third kappa shape index (κ3) is 4.36. The van der Waals surface area contributed by atoms with Crippen LogP contribution in [0.15, 0.2) is 23.4 Å². The number of pyridine rings is 1. The molecule has 0 spiro atoms. The molecule has 0 amide bonds. The number of aromatic nitrogens is 4. The van der Waals surface area contributed by atoms with Gasteiger partial charge in [0.05, 0.1) is 37.2 Å². The standard InChI is InChI=1S/C22H24F2N8O3S2/c1-13-8-30(9-14-11-35-5-4-31(13)14)16-6-15(37(33,34)29-22(12-25)2-3-22)10-32-17(7-26-19(16)32)20-27-28-21(36-20)18(23)24/h6-7,10,13-14,18,29H,2-5,8-9,11H2,1H3/t13-,14+/m0/s1. The van der Waals surface area contributed by atoms with Crippen molar-refractivity contribution >= 4 is 32.7 Å². The van der Waals surface area contributed by atoms with Crippen molar-refractivity contribution in [1.82, 2.24) is 29.2 Å². The molecule has 5 heterocycles. The van der Waals surface area contributed by atoms with Crippen LogP contribution in [0.4, 0.5) is 14.5 Å². The largest absolute Gasteiger partial charge is 0.378 e. The molecule has 3 aromatic heterocycles. The molecule has 6 rings (SSSR count). The molecule has 37 heavy (non-hydrogen) atoms. The quantitative estimate of drug-likeness (QED) is 0.490. The predicted octanol–water partition coefficient (Wildman–Crippen LogP) is 2.03. The van der Waals surface area contributed by atoms with E-state index < -0.39 is 27.0 Å². The highest BCUT2D eigenvalue weighted by Gasteiger charge is 2.47. The van der Waals surface area contributed by atoms with Crippen LogP contribution in [0.2, 0.25) is 0 Å². The molecule has 3 aromatic rings. The van der Waals surface area contributed by atoms with Crippen molar-refractivity contribution < 1.29 is 21.9 Å². The zero-order valence-corrected chi connectivity index (χ0v) is 21.5. The van der Waals surface area contributed by atoms with Crippen LogP contribution in [-0.4, -0.2) is 83.4 Å². The molecule has 3 aliphatic rings. The number of rotatable bonds is 6. The maximum atomic E-state index is 13.4. The van der Waals surface area contributed by atoms with E-state index in [0.29, 0.717) is 56.2 Å². The average Bonchev–Trinajstić information content (AvgIpc) is 3.27. The molecule has 1 saturated carbocycles. The number of sulfonamides is 1. The van der Waals surface area contributed by atoms with E-state index in [2.05, 4.69) is 36.6 Å². The van der Waals surface area contributed by atoms with Gasteiger partial charge in [0, 0.05) is 31.9 Å². The highest BCUT2D eigenvalue weighted by atomic mass is 32.2. The second-order valence-electron chi connectivity index (χ2n) is 9.66. The Morgan fingerprint density at radius 3 is 2.84 bits per heavy atom. The number of imidazole rings is 1. The lowest BCUT2D eigenvalue weighted by molar-refractivity contribution is -0.0317. The highest BCUT2D eigenvalue weighted by molar-refractivity contribution is 7.89. The van der Waals surface area contributed by atoms with Crippen molar-refractivity contribution in [2.45, 2.75) is 48.7 Å². The molecular formula is C22H24F2N8O3S2. The van der Waals surface area contributed by atoms with Gasteiger partial charge in [0.1, 0.15) is 16.1 Å². The number of hydrogen-bond acceptors (Lipinski definition) is 10. The van der Waals surface area contributed by atoms with Gasteiger partial charge in [0.25, 0.3) is 6.43 Å². The first kappa shape index (κ1) is 24.6. The first-order valence-electron chi connectivity index (χ1n) is 11.9. The molecule has 196 valence electrons. The van der Waals surface area contributed by atoms with Crippen molar-refractivity contribution in [2.24, 2.45) is 0 Å². The molecule has 15 heteroatoms. The number of piperazine rings is 1. The summed E-state index contributed by atoms with van der Waals surface area (Å²) in [6, 6.07) is 3.95. The maximum Gasteiger partial charge on any atom is 0.291 e. The first-order valence-corrected chi connectivity index (χ1v) is 14.2. The maximum absolute atomic E-state index is 13.4. The predicted molar refractivity (Wildman–Crippen MR) is 130 cm³/mol. The zero-order chi connectivity index (χ0) is 25.9. The molecule has 1 aliphatic carbocycles. The number of fused-ring (bicyclic) bond motifs is 2. The van der Waals surface area contributed by atoms with Crippen LogP contribution in [0, 0.1) is 11.3 Å². The molecule has 2 atom stereocenters. The number of nitrogens with one attached hydrogen (secondary N) is 1. The van der Waals surface area contributed by atoms with Crippen LogP contribution in [0.5, 0.6) is 0 Å². The van der Waals surface area contributed by atoms with Gasteiger partial charge in [-0.1, -0.05) is 11.3 Å². The van der Waals surface area contributed by atoms with Gasteiger partial charge >= 0.3 is 0 Å². The molecule has 1 N–H and O–H groups in total. The SMILES string of the molecule is C[C@H]1CN(c2cc(S(=O)(=O)NC3(C#N)CC3)cn3c(-c4nnc(C(F)F)s4)cnc23)C[C@@H]2COCCN21. The summed E-state index contributed by atoms with van der Waals surface area (Å²) in [4.78, 5) is 8.98. The summed E-state index contributed by atoms with van der Waals surface area (Å²) in [5.74, 6) is 0. The number of nitriles is 1. The Morgan fingerprint density at radius 1 is 1.32 bits per heavy atom. The van der Waals surface area contributed by atoms with Crippen molar-refractivity contribution in [3.05, 3.63) is 23.5 Å². The van der Waals surface area contributed by atoms with Crippen molar-refractivity contribution in [3.63, 3.8) is 0 Å². The van der Waals surface area contributed by atoms with Crippen molar-refractivity contribution in [3.8, 4) is 16.8 Å². The second kappa shape index (κ2) is 8.91. The number of morpholine rings is 1. The lowest BCUT2D eigenvalue weighted by Crippen LogP contribution is -2.62. The number of anilines is 1. The summed E-state index contributed by atoms with van der Waals surface area (Å²) in [6.07, 6.45) is 0.994. The number of nitrogens with zero attached hydrogens (tertiary/aromatic N) is 7. The molecule has 2 saturated heterocycles. The minimum Gasteiger partial charge on any atom is -0.378 e.